The molecule has 0 fully saturated rings. The van der Waals surface area contributed by atoms with Crippen LogP contribution in [0.5, 0.6) is 5.75 Å². The first-order chi connectivity index (χ1) is 35.2. The van der Waals surface area contributed by atoms with E-state index in [1.54, 1.807) is 18.2 Å². The molecule has 3 aromatic heterocycles. The molecule has 3 heterocycles. The zero-order valence-electron chi connectivity index (χ0n) is 46.9. The van der Waals surface area contributed by atoms with Crippen LogP contribution in [-0.4, -0.2) is 24.2 Å². The van der Waals surface area contributed by atoms with Gasteiger partial charge in [0.2, 0.25) is 0 Å². The van der Waals surface area contributed by atoms with E-state index in [-0.39, 0.29) is 53.9 Å². The molecule has 0 saturated carbocycles. The first kappa shape index (κ1) is 53.8. The Hall–Kier alpha value is -7.06. The quantitative estimate of drug-likeness (QED) is 0.169. The van der Waals surface area contributed by atoms with E-state index < -0.39 is 0 Å². The Kier molecular flexibility index (Phi) is 13.6. The third kappa shape index (κ3) is 10.1. The van der Waals surface area contributed by atoms with Crippen LogP contribution in [0.2, 0.25) is 0 Å². The number of imidazole rings is 1. The van der Waals surface area contributed by atoms with Gasteiger partial charge in [0, 0.05) is 60.7 Å². The predicted octanol–water partition coefficient (Wildman–Crippen LogP) is 18.7. The number of nitrogens with zero attached hydrogens (tertiary/aromatic N) is 5. The van der Waals surface area contributed by atoms with Crippen LogP contribution in [0.15, 0.2) is 146 Å². The summed E-state index contributed by atoms with van der Waals surface area (Å²) in [5, 5.41) is 14.0. The number of aromatic nitrogens is 4. The molecule has 0 unspecified atom stereocenters. The summed E-state index contributed by atoms with van der Waals surface area (Å²) in [5.74, 6) is 0.614. The van der Waals surface area contributed by atoms with Crippen LogP contribution in [-0.2, 0) is 48.1 Å². The van der Waals surface area contributed by atoms with Gasteiger partial charge in [-0.05, 0) is 121 Å². The number of benzene rings is 7. The van der Waals surface area contributed by atoms with Crippen molar-refractivity contribution in [1.29, 1.82) is 0 Å². The van der Waals surface area contributed by atoms with Crippen LogP contribution in [0.25, 0.3) is 94.0 Å². The van der Waals surface area contributed by atoms with Crippen molar-refractivity contribution in [3.8, 4) is 62.0 Å². The van der Waals surface area contributed by atoms with E-state index in [1.807, 2.05) is 6.20 Å². The second-order valence-electron chi connectivity index (χ2n) is 25.8. The van der Waals surface area contributed by atoms with Crippen LogP contribution in [0.1, 0.15) is 132 Å². The minimum atomic E-state index is -0.215. The minimum absolute atomic E-state index is 0. The molecule has 10 rings (SSSR count). The second kappa shape index (κ2) is 19.2. The van der Waals surface area contributed by atoms with Crippen LogP contribution >= 0.6 is 0 Å². The first-order valence-electron chi connectivity index (χ1n) is 26.3. The average Bonchev–Trinajstić information content (AvgIpc) is 3.96. The third-order valence-electron chi connectivity index (χ3n) is 14.9. The van der Waals surface area contributed by atoms with E-state index in [0.29, 0.717) is 17.1 Å². The molecule has 76 heavy (non-hydrogen) atoms. The number of phenolic OH excluding ortho intramolecular Hbond substituents is 1. The van der Waals surface area contributed by atoms with E-state index in [0.717, 1.165) is 61.3 Å². The molecule has 0 saturated heterocycles. The summed E-state index contributed by atoms with van der Waals surface area (Å²) in [6.45, 7) is 41.9. The number of pyridine rings is 1. The summed E-state index contributed by atoms with van der Waals surface area (Å²) in [7, 11) is 0. The molecule has 0 radical (unpaired) electrons. The largest absolute Gasteiger partial charge is 0.507 e. The second-order valence-corrected chi connectivity index (χ2v) is 25.8. The Morgan fingerprint density at radius 3 is 1.59 bits per heavy atom. The molecule has 0 atom stereocenters. The third-order valence-corrected chi connectivity index (χ3v) is 14.9. The summed E-state index contributed by atoms with van der Waals surface area (Å²) in [5.41, 5.74) is 18.3. The van der Waals surface area contributed by atoms with Crippen molar-refractivity contribution in [3.63, 3.8) is 0 Å². The van der Waals surface area contributed by atoms with Gasteiger partial charge in [0.15, 0.2) is 5.69 Å². The van der Waals surface area contributed by atoms with Gasteiger partial charge in [0.1, 0.15) is 11.6 Å². The Balaban J connectivity index is 0.00000706. The van der Waals surface area contributed by atoms with Crippen molar-refractivity contribution in [3.05, 3.63) is 191 Å². The van der Waals surface area contributed by atoms with Crippen molar-refractivity contribution in [1.82, 2.24) is 19.1 Å². The van der Waals surface area contributed by atoms with Crippen molar-refractivity contribution >= 4 is 38.5 Å². The molecule has 1 N–H and O–H groups in total. The number of rotatable bonds is 6. The molecule has 0 amide bonds. The molecule has 0 aliphatic carbocycles. The maximum atomic E-state index is 11.6. The number of phenols is 1. The summed E-state index contributed by atoms with van der Waals surface area (Å²) < 4.78 is 4.61. The number of fused-ring (bicyclic) bond motifs is 4. The number of para-hydroxylation sites is 2. The van der Waals surface area contributed by atoms with Crippen molar-refractivity contribution < 1.29 is 26.2 Å². The molecule has 0 bridgehead atoms. The van der Waals surface area contributed by atoms with Crippen molar-refractivity contribution in [2.75, 3.05) is 0 Å². The Morgan fingerprint density at radius 2 is 1.00 bits per heavy atom. The van der Waals surface area contributed by atoms with Gasteiger partial charge in [0.05, 0.1) is 28.6 Å². The predicted molar refractivity (Wildman–Crippen MR) is 315 cm³/mol. The molecule has 10 aromatic rings. The van der Waals surface area contributed by atoms with E-state index >= 15 is 0 Å². The molecular formula is C69H70N5OPt-. The maximum Gasteiger partial charge on any atom is 0.188 e. The van der Waals surface area contributed by atoms with Crippen LogP contribution in [0.3, 0.4) is 0 Å². The van der Waals surface area contributed by atoms with Gasteiger partial charge in [-0.2, -0.15) is 0 Å². The zero-order chi connectivity index (χ0) is 53.7. The van der Waals surface area contributed by atoms with Gasteiger partial charge in [-0.3, -0.25) is 9.55 Å². The monoisotopic (exact) mass is 1180 g/mol. The molecule has 6 nitrogen and oxygen atoms in total. The molecule has 0 spiro atoms. The van der Waals surface area contributed by atoms with Gasteiger partial charge in [-0.25, -0.2) is 9.83 Å². The number of aromatic hydroxyl groups is 1. The first-order valence-corrected chi connectivity index (χ1v) is 26.3. The number of hydrogen-bond acceptors (Lipinski definition) is 3. The van der Waals surface area contributed by atoms with E-state index in [1.165, 1.54) is 44.2 Å². The van der Waals surface area contributed by atoms with E-state index in [9.17, 15) is 5.11 Å². The van der Waals surface area contributed by atoms with Crippen molar-refractivity contribution in [2.45, 2.75) is 131 Å². The Morgan fingerprint density at radius 1 is 0.474 bits per heavy atom. The summed E-state index contributed by atoms with van der Waals surface area (Å²) >= 11 is 0. The van der Waals surface area contributed by atoms with Gasteiger partial charge >= 0.3 is 0 Å². The van der Waals surface area contributed by atoms with Crippen LogP contribution in [0.4, 0.5) is 5.69 Å². The summed E-state index contributed by atoms with van der Waals surface area (Å²) in [6.07, 6.45) is 1.92. The summed E-state index contributed by atoms with van der Waals surface area (Å²) in [4.78, 5) is 14.3. The normalized spacial score (nSPS) is 12.6. The SMILES string of the molecule is [C-]#[N+]c1ccc(O)c(-c2nc3c(-c4[c-]c(-c5cc(-c6ccc7c8ccccc8n(-c8cc(C(C)(C)C)cc(C(C)(C)C)c8)c7c6)ccn5)cc(C(C)(C)C)c4)cccc3n2-c2cc(C(C)(C)C)cc(C(C)(C)C)c2)c1.[Pt]. The fraction of sp³-hybridized carbons (Fsp3) is 0.290. The van der Waals surface area contributed by atoms with Crippen molar-refractivity contribution in [2.24, 2.45) is 0 Å². The zero-order valence-corrected chi connectivity index (χ0v) is 49.1. The number of hydrogen-bond donors (Lipinski definition) is 1. The Bertz CT molecular complexity index is 3870. The summed E-state index contributed by atoms with van der Waals surface area (Å²) in [6, 6.07) is 53.5. The fourth-order valence-corrected chi connectivity index (χ4v) is 10.2. The van der Waals surface area contributed by atoms with Gasteiger partial charge in [-0.1, -0.05) is 182 Å². The van der Waals surface area contributed by atoms with E-state index in [4.69, 9.17) is 16.5 Å². The molecule has 0 aliphatic heterocycles. The van der Waals surface area contributed by atoms with Gasteiger partial charge in [-0.15, -0.1) is 29.3 Å². The van der Waals surface area contributed by atoms with E-state index in [2.05, 4.69) is 245 Å². The van der Waals surface area contributed by atoms with Crippen LogP contribution < -0.4 is 0 Å². The molecule has 0 aliphatic rings. The Labute approximate surface area is 465 Å². The van der Waals surface area contributed by atoms with Crippen LogP contribution in [0, 0.1) is 12.6 Å². The topological polar surface area (TPSA) is 60.2 Å². The molecule has 7 heteroatoms. The fourth-order valence-electron chi connectivity index (χ4n) is 10.2. The minimum Gasteiger partial charge on any atom is -0.507 e. The van der Waals surface area contributed by atoms with Gasteiger partial charge in [0.25, 0.3) is 0 Å². The standard InChI is InChI=1S/C69H70N5O.Pt/c1-65(2,3)46-31-44(54-21-19-23-60-63(54)72-64(57-41-51(70-16)25-27-62(57)75)74(60)53-39-49(68(10,11)12)36-50(40-53)69(13,14)15)30-45(32-46)58-33-43(28-29-71-58)42-24-26-56-55-20-17-18-22-59(55)73(61(56)34-42)52-37-47(66(4,5)6)35-48(38-52)67(7,8)9;/h17-29,31-41,75H,1-15H3;/q-1;. The maximum absolute atomic E-state index is 11.6. The molecular weight excluding hydrogens is 1110 g/mol. The molecule has 388 valence electrons. The average molecular weight is 1180 g/mol. The molecule has 7 aromatic carbocycles. The smallest absolute Gasteiger partial charge is 0.188 e. The van der Waals surface area contributed by atoms with Gasteiger partial charge < -0.3 is 9.67 Å².